The van der Waals surface area contributed by atoms with E-state index in [0.717, 1.165) is 11.1 Å². The highest BCUT2D eigenvalue weighted by Crippen LogP contribution is 2.05. The standard InChI is InChI=1S/C24H28N2O6/c1-31-23(29)21(14-8-13-18-9-4-2-5-10-18)26-22(28)15-20(27)16-25-24(30)32-17-19-11-6-3-7-12-19/h2-13,20-21,27H,14-17H2,1H3,(H,25,30)(H,26,28)/b13-8+/t20-,21-/m0/s1. The first-order chi connectivity index (χ1) is 15.5. The van der Waals surface area contributed by atoms with Crippen molar-refractivity contribution in [3.8, 4) is 0 Å². The molecule has 0 fully saturated rings. The number of hydrogen-bond donors (Lipinski definition) is 3. The topological polar surface area (TPSA) is 114 Å². The van der Waals surface area contributed by atoms with Gasteiger partial charge in [0.05, 0.1) is 19.6 Å². The second kappa shape index (κ2) is 13.6. The number of nitrogens with one attached hydrogen (secondary N) is 2. The first-order valence-electron chi connectivity index (χ1n) is 10.2. The molecular formula is C24H28N2O6. The van der Waals surface area contributed by atoms with Crippen LogP contribution in [0, 0.1) is 0 Å². The smallest absolute Gasteiger partial charge is 0.407 e. The minimum atomic E-state index is -1.14. The lowest BCUT2D eigenvalue weighted by Crippen LogP contribution is -2.43. The summed E-state index contributed by atoms with van der Waals surface area (Å²) in [5.74, 6) is -1.13. The number of aliphatic hydroxyl groups excluding tert-OH is 1. The molecule has 0 bridgehead atoms. The van der Waals surface area contributed by atoms with Gasteiger partial charge >= 0.3 is 12.1 Å². The Hall–Kier alpha value is -3.65. The van der Waals surface area contributed by atoms with Gasteiger partial charge in [-0.1, -0.05) is 72.8 Å². The molecule has 170 valence electrons. The average Bonchev–Trinajstić information content (AvgIpc) is 2.81. The predicted octanol–water partition coefficient (Wildman–Crippen LogP) is 2.43. The van der Waals surface area contributed by atoms with Crippen molar-refractivity contribution in [1.82, 2.24) is 10.6 Å². The molecule has 32 heavy (non-hydrogen) atoms. The highest BCUT2D eigenvalue weighted by molar-refractivity contribution is 5.84. The minimum Gasteiger partial charge on any atom is -0.467 e. The number of methoxy groups -OCH3 is 1. The van der Waals surface area contributed by atoms with Gasteiger partial charge in [0.25, 0.3) is 0 Å². The molecule has 8 nitrogen and oxygen atoms in total. The van der Waals surface area contributed by atoms with Gasteiger partial charge in [-0.2, -0.15) is 0 Å². The van der Waals surface area contributed by atoms with Gasteiger partial charge in [-0.05, 0) is 17.5 Å². The number of ether oxygens (including phenoxy) is 2. The summed E-state index contributed by atoms with van der Waals surface area (Å²) in [6.07, 6.45) is 1.69. The van der Waals surface area contributed by atoms with Gasteiger partial charge in [0, 0.05) is 6.54 Å². The van der Waals surface area contributed by atoms with Crippen LogP contribution in [0.15, 0.2) is 66.7 Å². The van der Waals surface area contributed by atoms with E-state index in [2.05, 4.69) is 10.6 Å². The molecule has 8 heteroatoms. The van der Waals surface area contributed by atoms with Crippen molar-refractivity contribution in [2.75, 3.05) is 13.7 Å². The molecule has 0 spiro atoms. The van der Waals surface area contributed by atoms with Crippen molar-refractivity contribution in [3.63, 3.8) is 0 Å². The quantitative estimate of drug-likeness (QED) is 0.463. The van der Waals surface area contributed by atoms with E-state index >= 15 is 0 Å². The molecule has 0 unspecified atom stereocenters. The van der Waals surface area contributed by atoms with E-state index in [0.29, 0.717) is 0 Å². The zero-order valence-corrected chi connectivity index (χ0v) is 17.9. The number of benzene rings is 2. The van der Waals surface area contributed by atoms with Crippen LogP contribution in [0.4, 0.5) is 4.79 Å². The number of rotatable bonds is 11. The van der Waals surface area contributed by atoms with E-state index in [-0.39, 0.29) is 26.0 Å². The fraction of sp³-hybridized carbons (Fsp3) is 0.292. The molecule has 0 aliphatic carbocycles. The van der Waals surface area contributed by atoms with Crippen LogP contribution >= 0.6 is 0 Å². The summed E-state index contributed by atoms with van der Waals surface area (Å²) in [4.78, 5) is 35.9. The SMILES string of the molecule is COC(=O)[C@H](C/C=C/c1ccccc1)NC(=O)C[C@H](O)CNC(=O)OCc1ccccc1. The third-order valence-corrected chi connectivity index (χ3v) is 4.42. The lowest BCUT2D eigenvalue weighted by molar-refractivity contribution is -0.145. The van der Waals surface area contributed by atoms with Gasteiger partial charge in [0.2, 0.25) is 5.91 Å². The second-order valence-corrected chi connectivity index (χ2v) is 6.99. The lowest BCUT2D eigenvalue weighted by atomic mass is 10.1. The number of aliphatic hydroxyl groups is 1. The molecule has 2 aromatic carbocycles. The van der Waals surface area contributed by atoms with E-state index in [1.165, 1.54) is 7.11 Å². The van der Waals surface area contributed by atoms with Crippen molar-refractivity contribution in [1.29, 1.82) is 0 Å². The molecule has 0 saturated carbocycles. The molecule has 0 heterocycles. The van der Waals surface area contributed by atoms with Crippen molar-refractivity contribution >= 4 is 24.0 Å². The Balaban J connectivity index is 1.74. The van der Waals surface area contributed by atoms with E-state index in [9.17, 15) is 19.5 Å². The molecule has 0 radical (unpaired) electrons. The summed E-state index contributed by atoms with van der Waals surface area (Å²) in [5, 5.41) is 15.0. The first-order valence-corrected chi connectivity index (χ1v) is 10.2. The van der Waals surface area contributed by atoms with Crippen molar-refractivity contribution in [2.45, 2.75) is 31.6 Å². The minimum absolute atomic E-state index is 0.0978. The molecule has 0 aliphatic rings. The maximum atomic E-state index is 12.2. The zero-order valence-electron chi connectivity index (χ0n) is 17.9. The number of hydrogen-bond acceptors (Lipinski definition) is 6. The monoisotopic (exact) mass is 440 g/mol. The van der Waals surface area contributed by atoms with Gasteiger partial charge in [-0.15, -0.1) is 0 Å². The third-order valence-electron chi connectivity index (χ3n) is 4.42. The van der Waals surface area contributed by atoms with Gasteiger partial charge in [-0.25, -0.2) is 9.59 Å². The number of esters is 1. The highest BCUT2D eigenvalue weighted by atomic mass is 16.5. The molecular weight excluding hydrogens is 412 g/mol. The van der Waals surface area contributed by atoms with Crippen LogP contribution < -0.4 is 10.6 Å². The summed E-state index contributed by atoms with van der Waals surface area (Å²) in [6, 6.07) is 17.8. The fourth-order valence-corrected chi connectivity index (χ4v) is 2.78. The molecule has 0 aromatic heterocycles. The van der Waals surface area contributed by atoms with Crippen LogP contribution in [0.3, 0.4) is 0 Å². The maximum absolute atomic E-state index is 12.2. The molecule has 2 rings (SSSR count). The molecule has 0 aliphatic heterocycles. The largest absolute Gasteiger partial charge is 0.467 e. The number of carbonyl (C=O) groups excluding carboxylic acids is 3. The molecule has 3 N–H and O–H groups in total. The van der Waals surface area contributed by atoms with E-state index in [1.807, 2.05) is 66.7 Å². The summed E-state index contributed by atoms with van der Waals surface area (Å²) in [7, 11) is 1.24. The summed E-state index contributed by atoms with van der Waals surface area (Å²) in [5.41, 5.74) is 1.79. The van der Waals surface area contributed by atoms with E-state index in [1.54, 1.807) is 6.08 Å². The van der Waals surface area contributed by atoms with Crippen molar-refractivity contribution in [3.05, 3.63) is 77.9 Å². The average molecular weight is 440 g/mol. The molecule has 2 atom stereocenters. The predicted molar refractivity (Wildman–Crippen MR) is 119 cm³/mol. The van der Waals surface area contributed by atoms with Gasteiger partial charge in [-0.3, -0.25) is 4.79 Å². The van der Waals surface area contributed by atoms with Crippen LogP contribution in [-0.2, 0) is 25.7 Å². The third kappa shape index (κ3) is 9.44. The highest BCUT2D eigenvalue weighted by Gasteiger charge is 2.22. The van der Waals surface area contributed by atoms with Crippen LogP contribution in [-0.4, -0.2) is 48.9 Å². The normalized spacial score (nSPS) is 12.6. The number of carbonyl (C=O) groups is 3. The van der Waals surface area contributed by atoms with Crippen molar-refractivity contribution in [2.24, 2.45) is 0 Å². The lowest BCUT2D eigenvalue weighted by Gasteiger charge is -2.17. The summed E-state index contributed by atoms with van der Waals surface area (Å²) < 4.78 is 9.78. The van der Waals surface area contributed by atoms with Gasteiger partial charge < -0.3 is 25.2 Å². The van der Waals surface area contributed by atoms with Crippen LogP contribution in [0.5, 0.6) is 0 Å². The number of amides is 2. The van der Waals surface area contributed by atoms with E-state index < -0.39 is 30.1 Å². The van der Waals surface area contributed by atoms with Crippen molar-refractivity contribution < 1.29 is 29.0 Å². The Morgan fingerprint density at radius 1 is 1.03 bits per heavy atom. The molecule has 2 aromatic rings. The summed E-state index contributed by atoms with van der Waals surface area (Å²) in [6.45, 7) is -0.0710. The Labute approximate surface area is 187 Å². The maximum Gasteiger partial charge on any atom is 0.407 e. The van der Waals surface area contributed by atoms with Crippen LogP contribution in [0.25, 0.3) is 6.08 Å². The zero-order chi connectivity index (χ0) is 23.2. The Morgan fingerprint density at radius 2 is 1.69 bits per heavy atom. The van der Waals surface area contributed by atoms with E-state index in [4.69, 9.17) is 9.47 Å². The molecule has 2 amide bonds. The Kier molecular flexibility index (Phi) is 10.5. The van der Waals surface area contributed by atoms with Crippen LogP contribution in [0.1, 0.15) is 24.0 Å². The van der Waals surface area contributed by atoms with Crippen LogP contribution in [0.2, 0.25) is 0 Å². The molecule has 0 saturated heterocycles. The van der Waals surface area contributed by atoms with Gasteiger partial charge in [0.1, 0.15) is 12.6 Å². The van der Waals surface area contributed by atoms with Gasteiger partial charge in [0.15, 0.2) is 0 Å². The Bertz CT molecular complexity index is 886. The fourth-order valence-electron chi connectivity index (χ4n) is 2.78. The number of alkyl carbamates (subject to hydrolysis) is 1. The second-order valence-electron chi connectivity index (χ2n) is 6.99. The first kappa shape index (κ1) is 24.6. The Morgan fingerprint density at radius 3 is 2.34 bits per heavy atom. The summed E-state index contributed by atoms with van der Waals surface area (Å²) >= 11 is 0.